The average molecular weight is 338 g/mol. The van der Waals surface area contributed by atoms with Gasteiger partial charge in [-0.3, -0.25) is 9.69 Å². The quantitative estimate of drug-likeness (QED) is 0.567. The topological polar surface area (TPSA) is 20.3 Å². The molecule has 21 heavy (non-hydrogen) atoms. The summed E-state index contributed by atoms with van der Waals surface area (Å²) >= 11 is 13.0. The number of hydrogen-bond donors (Lipinski definition) is 0. The lowest BCUT2D eigenvalue weighted by Crippen LogP contribution is -2.39. The predicted octanol–water partition coefficient (Wildman–Crippen LogP) is 4.87. The number of nitrogens with zero attached hydrogens (tertiary/aromatic N) is 1. The van der Waals surface area contributed by atoms with Crippen molar-refractivity contribution in [3.05, 3.63) is 39.8 Å². The number of rotatable bonds is 2. The van der Waals surface area contributed by atoms with Crippen molar-refractivity contribution in [2.24, 2.45) is 0 Å². The Hall–Kier alpha value is -0.840. The number of thiocarbonyl (C=S) groups is 1. The second-order valence-electron chi connectivity index (χ2n) is 5.37. The molecule has 1 aromatic carbocycles. The van der Waals surface area contributed by atoms with E-state index in [1.165, 1.54) is 31.0 Å². The third kappa shape index (κ3) is 3.17. The van der Waals surface area contributed by atoms with Crippen LogP contribution in [0.25, 0.3) is 6.08 Å². The van der Waals surface area contributed by atoms with Crippen LogP contribution in [-0.2, 0) is 4.79 Å². The van der Waals surface area contributed by atoms with Crippen LogP contribution in [0, 0.1) is 0 Å². The zero-order valence-electron chi connectivity index (χ0n) is 11.5. The van der Waals surface area contributed by atoms with Gasteiger partial charge in [0, 0.05) is 11.1 Å². The monoisotopic (exact) mass is 337 g/mol. The van der Waals surface area contributed by atoms with Gasteiger partial charge in [0.25, 0.3) is 5.91 Å². The van der Waals surface area contributed by atoms with Crippen molar-refractivity contribution >= 4 is 51.9 Å². The Labute approximate surface area is 139 Å². The zero-order valence-corrected chi connectivity index (χ0v) is 13.9. The highest BCUT2D eigenvalue weighted by molar-refractivity contribution is 8.26. The van der Waals surface area contributed by atoms with Crippen LogP contribution < -0.4 is 0 Å². The summed E-state index contributed by atoms with van der Waals surface area (Å²) in [6.45, 7) is 0. The maximum atomic E-state index is 12.6. The molecule has 2 fully saturated rings. The van der Waals surface area contributed by atoms with Crippen molar-refractivity contribution in [1.29, 1.82) is 0 Å². The fourth-order valence-corrected chi connectivity index (χ4v) is 4.45. The van der Waals surface area contributed by atoms with Crippen molar-refractivity contribution in [3.63, 3.8) is 0 Å². The molecule has 0 bridgehead atoms. The standard InChI is InChI=1S/C16H16ClNOS2/c17-13-9-5-4-6-11(13)10-14-15(19)18(16(20)21-14)12-7-2-1-3-8-12/h4-6,9-10,12H,1-3,7-8H2/b14-10+. The molecule has 1 aliphatic carbocycles. The minimum atomic E-state index is 0.0387. The first-order valence-electron chi connectivity index (χ1n) is 7.18. The van der Waals surface area contributed by atoms with Crippen molar-refractivity contribution in [2.45, 2.75) is 38.1 Å². The van der Waals surface area contributed by atoms with Crippen molar-refractivity contribution in [2.75, 3.05) is 0 Å². The third-order valence-corrected chi connectivity index (χ3v) is 5.63. The number of benzene rings is 1. The second-order valence-corrected chi connectivity index (χ2v) is 7.45. The molecule has 0 aromatic heterocycles. The predicted molar refractivity (Wildman–Crippen MR) is 93.3 cm³/mol. The summed E-state index contributed by atoms with van der Waals surface area (Å²) < 4.78 is 0.685. The molecule has 1 aromatic rings. The third-order valence-electron chi connectivity index (χ3n) is 3.96. The molecular formula is C16H16ClNOS2. The van der Waals surface area contributed by atoms with Gasteiger partial charge >= 0.3 is 0 Å². The van der Waals surface area contributed by atoms with Crippen LogP contribution in [0.1, 0.15) is 37.7 Å². The van der Waals surface area contributed by atoms with Crippen LogP contribution in [0.3, 0.4) is 0 Å². The Morgan fingerprint density at radius 2 is 1.95 bits per heavy atom. The molecule has 1 saturated heterocycles. The summed E-state index contributed by atoms with van der Waals surface area (Å²) in [6, 6.07) is 7.82. The fourth-order valence-electron chi connectivity index (χ4n) is 2.87. The van der Waals surface area contributed by atoms with Gasteiger partial charge < -0.3 is 0 Å². The molecule has 1 aliphatic heterocycles. The molecule has 1 amide bonds. The van der Waals surface area contributed by atoms with Gasteiger partial charge in [0.2, 0.25) is 0 Å². The number of amides is 1. The van der Waals surface area contributed by atoms with E-state index in [0.717, 1.165) is 18.4 Å². The van der Waals surface area contributed by atoms with E-state index in [1.54, 1.807) is 0 Å². The SMILES string of the molecule is O=C1/C(=C\c2ccccc2Cl)SC(=S)N1C1CCCCC1. The van der Waals surface area contributed by atoms with E-state index in [1.807, 2.05) is 35.2 Å². The summed E-state index contributed by atoms with van der Waals surface area (Å²) in [5.41, 5.74) is 0.864. The van der Waals surface area contributed by atoms with E-state index in [0.29, 0.717) is 14.2 Å². The van der Waals surface area contributed by atoms with Crippen molar-refractivity contribution in [1.82, 2.24) is 4.90 Å². The minimum Gasteiger partial charge on any atom is -0.290 e. The van der Waals surface area contributed by atoms with E-state index in [4.69, 9.17) is 23.8 Å². The lowest BCUT2D eigenvalue weighted by Gasteiger charge is -2.29. The molecule has 1 heterocycles. The molecule has 0 spiro atoms. The highest BCUT2D eigenvalue weighted by Gasteiger charge is 2.37. The van der Waals surface area contributed by atoms with E-state index in [2.05, 4.69) is 0 Å². The molecule has 110 valence electrons. The van der Waals surface area contributed by atoms with E-state index in [-0.39, 0.29) is 11.9 Å². The van der Waals surface area contributed by atoms with Gasteiger partial charge in [0.1, 0.15) is 4.32 Å². The Bertz CT molecular complexity index is 608. The summed E-state index contributed by atoms with van der Waals surface area (Å²) in [4.78, 5) is 15.1. The Morgan fingerprint density at radius 1 is 1.24 bits per heavy atom. The van der Waals surface area contributed by atoms with Gasteiger partial charge in [-0.1, -0.05) is 73.0 Å². The van der Waals surface area contributed by atoms with Crippen molar-refractivity contribution < 1.29 is 4.79 Å². The Kier molecular flexibility index (Phi) is 4.67. The van der Waals surface area contributed by atoms with Crippen LogP contribution in [0.2, 0.25) is 5.02 Å². The number of hydrogen-bond acceptors (Lipinski definition) is 3. The fraction of sp³-hybridized carbons (Fsp3) is 0.375. The summed E-state index contributed by atoms with van der Waals surface area (Å²) in [7, 11) is 0. The normalized spacial score (nSPS) is 22.3. The molecule has 0 N–H and O–H groups in total. The smallest absolute Gasteiger partial charge is 0.266 e. The molecular weight excluding hydrogens is 322 g/mol. The van der Waals surface area contributed by atoms with Crippen LogP contribution in [0.15, 0.2) is 29.2 Å². The number of carbonyl (C=O) groups excluding carboxylic acids is 1. The molecule has 2 nitrogen and oxygen atoms in total. The summed E-state index contributed by atoms with van der Waals surface area (Å²) in [5.74, 6) is 0.0387. The van der Waals surface area contributed by atoms with Crippen LogP contribution in [0.4, 0.5) is 0 Å². The van der Waals surface area contributed by atoms with Gasteiger partial charge in [0.05, 0.1) is 4.91 Å². The second kappa shape index (κ2) is 6.51. The first-order valence-corrected chi connectivity index (χ1v) is 8.78. The maximum absolute atomic E-state index is 12.6. The zero-order chi connectivity index (χ0) is 14.8. The van der Waals surface area contributed by atoms with E-state index < -0.39 is 0 Å². The summed E-state index contributed by atoms with van der Waals surface area (Å²) in [6.07, 6.45) is 7.61. The molecule has 0 radical (unpaired) electrons. The molecule has 0 atom stereocenters. The Morgan fingerprint density at radius 3 is 2.67 bits per heavy atom. The van der Waals surface area contributed by atoms with Crippen LogP contribution in [0.5, 0.6) is 0 Å². The van der Waals surface area contributed by atoms with Gasteiger partial charge in [-0.05, 0) is 30.5 Å². The van der Waals surface area contributed by atoms with Gasteiger partial charge in [-0.2, -0.15) is 0 Å². The molecule has 2 aliphatic rings. The maximum Gasteiger partial charge on any atom is 0.266 e. The number of carbonyl (C=O) groups is 1. The average Bonchev–Trinajstić information content (AvgIpc) is 2.77. The molecule has 3 rings (SSSR count). The van der Waals surface area contributed by atoms with Crippen LogP contribution >= 0.6 is 35.6 Å². The lowest BCUT2D eigenvalue weighted by molar-refractivity contribution is -0.124. The molecule has 5 heteroatoms. The molecule has 0 unspecified atom stereocenters. The van der Waals surface area contributed by atoms with E-state index >= 15 is 0 Å². The van der Waals surface area contributed by atoms with E-state index in [9.17, 15) is 4.79 Å². The highest BCUT2D eigenvalue weighted by atomic mass is 35.5. The van der Waals surface area contributed by atoms with Gasteiger partial charge in [0.15, 0.2) is 0 Å². The minimum absolute atomic E-state index is 0.0387. The van der Waals surface area contributed by atoms with Gasteiger partial charge in [-0.15, -0.1) is 0 Å². The highest BCUT2D eigenvalue weighted by Crippen LogP contribution is 2.37. The first kappa shape index (κ1) is 15.1. The number of halogens is 1. The van der Waals surface area contributed by atoms with Gasteiger partial charge in [-0.25, -0.2) is 0 Å². The summed E-state index contributed by atoms with van der Waals surface area (Å²) in [5, 5.41) is 0.653. The largest absolute Gasteiger partial charge is 0.290 e. The van der Waals surface area contributed by atoms with Crippen molar-refractivity contribution in [3.8, 4) is 0 Å². The first-order chi connectivity index (χ1) is 10.2. The van der Waals surface area contributed by atoms with Crippen LogP contribution in [-0.4, -0.2) is 21.2 Å². The lowest BCUT2D eigenvalue weighted by atomic mass is 9.94. The molecule has 1 saturated carbocycles. The number of thioether (sulfide) groups is 1. The Balaban J connectivity index is 1.84.